The van der Waals surface area contributed by atoms with E-state index in [4.69, 9.17) is 9.47 Å². The number of halogens is 3. The largest absolute Gasteiger partial charge is 0.440 e. The molecule has 2 aliphatic rings. The number of hydrogen-bond acceptors (Lipinski definition) is 5. The third-order valence-electron chi connectivity index (χ3n) is 4.90. The second-order valence-electron chi connectivity index (χ2n) is 6.51. The minimum atomic E-state index is -4.58. The molecule has 1 aliphatic heterocycles. The van der Waals surface area contributed by atoms with Gasteiger partial charge in [-0.1, -0.05) is 0 Å². The Bertz CT molecular complexity index is 495. The summed E-state index contributed by atoms with van der Waals surface area (Å²) in [6.07, 6.45) is -3.37. The van der Waals surface area contributed by atoms with Crippen molar-refractivity contribution in [2.75, 3.05) is 33.0 Å². The maximum absolute atomic E-state index is 12.1. The van der Waals surface area contributed by atoms with Crippen LogP contribution in [-0.2, 0) is 19.0 Å². The average Bonchev–Trinajstić information content (AvgIpc) is 2.59. The van der Waals surface area contributed by atoms with Crippen molar-refractivity contribution in [1.82, 2.24) is 10.6 Å². The topological polar surface area (TPSA) is 85.9 Å². The van der Waals surface area contributed by atoms with Gasteiger partial charge in [-0.15, -0.1) is 0 Å². The number of hydrogen-bond donors (Lipinski definition) is 2. The van der Waals surface area contributed by atoms with Crippen LogP contribution in [0.5, 0.6) is 0 Å². The van der Waals surface area contributed by atoms with Crippen LogP contribution in [0.3, 0.4) is 0 Å². The number of carbonyl (C=O) groups is 2. The Balaban J connectivity index is 1.71. The normalized spacial score (nSPS) is 24.6. The van der Waals surface area contributed by atoms with E-state index in [2.05, 4.69) is 15.4 Å². The van der Waals surface area contributed by atoms with Crippen molar-refractivity contribution in [2.45, 2.75) is 50.9 Å². The average molecular weight is 382 g/mol. The molecule has 2 fully saturated rings. The fourth-order valence-corrected chi connectivity index (χ4v) is 3.55. The van der Waals surface area contributed by atoms with E-state index in [9.17, 15) is 22.8 Å². The lowest BCUT2D eigenvalue weighted by Gasteiger charge is -2.57. The van der Waals surface area contributed by atoms with Gasteiger partial charge in [0.2, 0.25) is 5.91 Å². The maximum atomic E-state index is 12.1. The van der Waals surface area contributed by atoms with E-state index in [1.807, 2.05) is 6.92 Å². The summed E-state index contributed by atoms with van der Waals surface area (Å²) in [5.74, 6) is -0.271. The van der Waals surface area contributed by atoms with Gasteiger partial charge in [0.25, 0.3) is 0 Å². The molecule has 2 amide bonds. The van der Waals surface area contributed by atoms with Crippen molar-refractivity contribution in [3.63, 3.8) is 0 Å². The molecule has 2 N–H and O–H groups in total. The van der Waals surface area contributed by atoms with Crippen LogP contribution in [-0.4, -0.2) is 63.3 Å². The van der Waals surface area contributed by atoms with E-state index in [1.54, 1.807) is 0 Å². The third kappa shape index (κ3) is 5.47. The molecule has 1 heterocycles. The number of nitrogens with one attached hydrogen (secondary N) is 2. The summed E-state index contributed by atoms with van der Waals surface area (Å²) in [5, 5.41) is 5.08. The highest BCUT2D eigenvalue weighted by atomic mass is 19.4. The molecule has 2 unspecified atom stereocenters. The lowest BCUT2D eigenvalue weighted by Crippen LogP contribution is -2.66. The predicted molar refractivity (Wildman–Crippen MR) is 84.5 cm³/mol. The van der Waals surface area contributed by atoms with Crippen molar-refractivity contribution >= 4 is 12.0 Å². The number of amides is 2. The second-order valence-corrected chi connectivity index (χ2v) is 6.51. The predicted octanol–water partition coefficient (Wildman–Crippen LogP) is 1.76. The van der Waals surface area contributed by atoms with Crippen LogP contribution in [0.1, 0.15) is 32.6 Å². The molecule has 10 heteroatoms. The van der Waals surface area contributed by atoms with E-state index in [0.29, 0.717) is 19.8 Å². The smallest absolute Gasteiger partial charge is 0.422 e. The fourth-order valence-electron chi connectivity index (χ4n) is 3.55. The van der Waals surface area contributed by atoms with Gasteiger partial charge < -0.3 is 24.8 Å². The van der Waals surface area contributed by atoms with Crippen LogP contribution >= 0.6 is 0 Å². The molecule has 1 saturated heterocycles. The first kappa shape index (κ1) is 20.8. The van der Waals surface area contributed by atoms with Crippen LogP contribution < -0.4 is 10.6 Å². The standard InChI is InChI=1S/C16H25F3N2O5/c1-2-25-12-9-11(15(12)4-7-24-8-5-15)21-13(22)3-6-20-14(23)26-10-16(17,18)19/h11-12H,2-10H2,1H3,(H,20,23)(H,21,22). The Labute approximate surface area is 149 Å². The van der Waals surface area contributed by atoms with Gasteiger partial charge in [0.05, 0.1) is 6.10 Å². The molecule has 2 atom stereocenters. The van der Waals surface area contributed by atoms with Crippen LogP contribution in [0.25, 0.3) is 0 Å². The number of carbonyl (C=O) groups excluding carboxylic acids is 2. The number of rotatable bonds is 7. The highest BCUT2D eigenvalue weighted by Gasteiger charge is 2.56. The molecular weight excluding hydrogens is 357 g/mol. The van der Waals surface area contributed by atoms with Gasteiger partial charge in [0.15, 0.2) is 6.61 Å². The summed E-state index contributed by atoms with van der Waals surface area (Å²) in [5.41, 5.74) is -0.122. The van der Waals surface area contributed by atoms with Gasteiger partial charge in [0, 0.05) is 44.2 Å². The van der Waals surface area contributed by atoms with Gasteiger partial charge in [-0.05, 0) is 26.2 Å². The molecule has 0 bridgehead atoms. The van der Waals surface area contributed by atoms with Crippen molar-refractivity contribution in [3.05, 3.63) is 0 Å². The quantitative estimate of drug-likeness (QED) is 0.701. The van der Waals surface area contributed by atoms with Crippen LogP contribution in [0, 0.1) is 5.41 Å². The van der Waals surface area contributed by atoms with Gasteiger partial charge >= 0.3 is 12.3 Å². The summed E-state index contributed by atoms with van der Waals surface area (Å²) in [7, 11) is 0. The first-order valence-electron chi connectivity index (χ1n) is 8.73. The number of alkyl carbamates (subject to hydrolysis) is 1. The highest BCUT2D eigenvalue weighted by Crippen LogP contribution is 2.50. The summed E-state index contributed by atoms with van der Waals surface area (Å²) >= 11 is 0. The third-order valence-corrected chi connectivity index (χ3v) is 4.90. The van der Waals surface area contributed by atoms with Crippen LogP contribution in [0.15, 0.2) is 0 Å². The highest BCUT2D eigenvalue weighted by molar-refractivity contribution is 5.77. The molecule has 0 aromatic rings. The fraction of sp³-hybridized carbons (Fsp3) is 0.875. The van der Waals surface area contributed by atoms with E-state index in [0.717, 1.165) is 19.3 Å². The molecule has 150 valence electrons. The Kier molecular flexibility index (Phi) is 7.10. The summed E-state index contributed by atoms with van der Waals surface area (Å²) < 4.78 is 51.0. The molecule has 0 aromatic heterocycles. The molecule has 26 heavy (non-hydrogen) atoms. The number of ether oxygens (including phenoxy) is 3. The molecule has 0 aromatic carbocycles. The van der Waals surface area contributed by atoms with Crippen molar-refractivity contribution in [3.8, 4) is 0 Å². The van der Waals surface area contributed by atoms with Gasteiger partial charge in [0.1, 0.15) is 0 Å². The monoisotopic (exact) mass is 382 g/mol. The molecule has 0 radical (unpaired) electrons. The van der Waals surface area contributed by atoms with E-state index < -0.39 is 18.9 Å². The van der Waals surface area contributed by atoms with Gasteiger partial charge in [-0.2, -0.15) is 13.2 Å². The van der Waals surface area contributed by atoms with Gasteiger partial charge in [-0.25, -0.2) is 4.79 Å². The van der Waals surface area contributed by atoms with Crippen LogP contribution in [0.2, 0.25) is 0 Å². The van der Waals surface area contributed by atoms with Crippen LogP contribution in [0.4, 0.5) is 18.0 Å². The molecule has 1 saturated carbocycles. The summed E-state index contributed by atoms with van der Waals surface area (Å²) in [4.78, 5) is 23.2. The first-order valence-corrected chi connectivity index (χ1v) is 8.73. The Hall–Kier alpha value is -1.55. The lowest BCUT2D eigenvalue weighted by molar-refractivity contribution is -0.175. The summed E-state index contributed by atoms with van der Waals surface area (Å²) in [6.45, 7) is 2.04. The zero-order valence-electron chi connectivity index (χ0n) is 14.7. The Morgan fingerprint density at radius 3 is 2.58 bits per heavy atom. The van der Waals surface area contributed by atoms with Crippen molar-refractivity contribution in [1.29, 1.82) is 0 Å². The number of alkyl halides is 3. The van der Waals surface area contributed by atoms with Crippen molar-refractivity contribution < 1.29 is 37.0 Å². The summed E-state index contributed by atoms with van der Waals surface area (Å²) in [6, 6.07) is -0.0207. The first-order chi connectivity index (χ1) is 12.3. The minimum absolute atomic E-state index is 0.0207. The van der Waals surface area contributed by atoms with Crippen molar-refractivity contribution in [2.24, 2.45) is 5.41 Å². The molecule has 2 rings (SSSR count). The minimum Gasteiger partial charge on any atom is -0.440 e. The zero-order chi connectivity index (χ0) is 19.2. The second kappa shape index (κ2) is 8.90. The zero-order valence-corrected chi connectivity index (χ0v) is 14.7. The van der Waals surface area contributed by atoms with E-state index in [-0.39, 0.29) is 36.4 Å². The van der Waals surface area contributed by atoms with E-state index >= 15 is 0 Å². The van der Waals surface area contributed by atoms with Gasteiger partial charge in [-0.3, -0.25) is 4.79 Å². The molecule has 7 nitrogen and oxygen atoms in total. The Morgan fingerprint density at radius 2 is 1.96 bits per heavy atom. The Morgan fingerprint density at radius 1 is 1.27 bits per heavy atom. The maximum Gasteiger partial charge on any atom is 0.422 e. The van der Waals surface area contributed by atoms with E-state index in [1.165, 1.54) is 0 Å². The lowest BCUT2D eigenvalue weighted by atomic mass is 9.57. The molecule has 1 aliphatic carbocycles. The molecule has 1 spiro atoms. The SMILES string of the molecule is CCOC1CC(NC(=O)CCNC(=O)OCC(F)(F)F)C12CCOCC2. The molecular formula is C16H25F3N2O5.